The highest BCUT2D eigenvalue weighted by atomic mass is 32.2. The zero-order valence-electron chi connectivity index (χ0n) is 16.9. The Balaban J connectivity index is 1.66. The molecule has 0 fully saturated rings. The molecule has 3 rings (SSSR count). The van der Waals surface area contributed by atoms with E-state index in [4.69, 9.17) is 0 Å². The molecule has 0 aliphatic rings. The van der Waals surface area contributed by atoms with E-state index in [0.29, 0.717) is 5.69 Å². The minimum absolute atomic E-state index is 0.0208. The fourth-order valence-corrected chi connectivity index (χ4v) is 3.52. The number of hydrogen-bond donors (Lipinski definition) is 2. The SMILES string of the molecule is CN(C)S(=O)(=O)c1cccc(C(=O)NNC(=O)c2ccn(-c3ccc([N+](=O)[O-])cc3)n2)c1. The number of carbonyl (C=O) groups is 2. The van der Waals surface area contributed by atoms with Crippen LogP contribution < -0.4 is 10.9 Å². The lowest BCUT2D eigenvalue weighted by Crippen LogP contribution is -2.41. The predicted molar refractivity (Wildman–Crippen MR) is 112 cm³/mol. The molecule has 0 bridgehead atoms. The van der Waals surface area contributed by atoms with Crippen molar-refractivity contribution in [1.82, 2.24) is 24.9 Å². The smallest absolute Gasteiger partial charge is 0.267 e. The van der Waals surface area contributed by atoms with Gasteiger partial charge in [-0.3, -0.25) is 30.6 Å². The van der Waals surface area contributed by atoms with Gasteiger partial charge in [0.05, 0.1) is 15.5 Å². The fraction of sp³-hybridized carbons (Fsp3) is 0.105. The number of hydrogen-bond acceptors (Lipinski definition) is 7. The molecule has 1 aromatic heterocycles. The summed E-state index contributed by atoms with van der Waals surface area (Å²) in [5, 5.41) is 14.8. The Hall–Kier alpha value is -4.10. The Morgan fingerprint density at radius 3 is 2.31 bits per heavy atom. The normalized spacial score (nSPS) is 11.2. The molecule has 32 heavy (non-hydrogen) atoms. The number of sulfonamides is 1. The number of aromatic nitrogens is 2. The topological polar surface area (TPSA) is 157 Å². The highest BCUT2D eigenvalue weighted by Crippen LogP contribution is 2.16. The second-order valence-corrected chi connectivity index (χ2v) is 8.79. The van der Waals surface area contributed by atoms with E-state index in [1.807, 2.05) is 0 Å². The van der Waals surface area contributed by atoms with Crippen LogP contribution in [0.3, 0.4) is 0 Å². The average molecular weight is 458 g/mol. The van der Waals surface area contributed by atoms with Gasteiger partial charge >= 0.3 is 0 Å². The fourth-order valence-electron chi connectivity index (χ4n) is 2.57. The molecule has 12 nitrogen and oxygen atoms in total. The summed E-state index contributed by atoms with van der Waals surface area (Å²) in [6.45, 7) is 0. The lowest BCUT2D eigenvalue weighted by atomic mass is 10.2. The molecule has 13 heteroatoms. The first-order valence-electron chi connectivity index (χ1n) is 9.03. The van der Waals surface area contributed by atoms with E-state index in [9.17, 15) is 28.1 Å². The van der Waals surface area contributed by atoms with Crippen LogP contribution in [0.25, 0.3) is 5.69 Å². The lowest BCUT2D eigenvalue weighted by molar-refractivity contribution is -0.384. The number of carbonyl (C=O) groups excluding carboxylic acids is 2. The first kappa shape index (κ1) is 22.6. The van der Waals surface area contributed by atoms with E-state index in [0.717, 1.165) is 4.31 Å². The number of nitrogens with zero attached hydrogens (tertiary/aromatic N) is 4. The first-order valence-corrected chi connectivity index (χ1v) is 10.5. The second kappa shape index (κ2) is 8.95. The van der Waals surface area contributed by atoms with Gasteiger partial charge in [0, 0.05) is 38.0 Å². The maximum atomic E-state index is 12.3. The van der Waals surface area contributed by atoms with E-state index < -0.39 is 26.8 Å². The van der Waals surface area contributed by atoms with Crippen molar-refractivity contribution < 1.29 is 22.9 Å². The van der Waals surface area contributed by atoms with Crippen LogP contribution in [-0.4, -0.2) is 53.3 Å². The largest absolute Gasteiger partial charge is 0.290 e. The van der Waals surface area contributed by atoms with Gasteiger partial charge in [-0.2, -0.15) is 5.10 Å². The summed E-state index contributed by atoms with van der Waals surface area (Å²) in [6.07, 6.45) is 1.48. The maximum Gasteiger partial charge on any atom is 0.290 e. The zero-order chi connectivity index (χ0) is 23.5. The van der Waals surface area contributed by atoms with Crippen LogP contribution >= 0.6 is 0 Å². The minimum atomic E-state index is -3.72. The molecule has 0 saturated carbocycles. The molecule has 2 N–H and O–H groups in total. The number of hydrazine groups is 1. The molecule has 0 spiro atoms. The van der Waals surface area contributed by atoms with E-state index in [1.54, 1.807) is 0 Å². The van der Waals surface area contributed by atoms with E-state index in [1.165, 1.54) is 79.6 Å². The molecule has 1 heterocycles. The Morgan fingerprint density at radius 1 is 1.03 bits per heavy atom. The Morgan fingerprint density at radius 2 is 1.69 bits per heavy atom. The molecule has 3 aromatic rings. The lowest BCUT2D eigenvalue weighted by Gasteiger charge is -2.12. The van der Waals surface area contributed by atoms with Gasteiger partial charge in [0.2, 0.25) is 10.0 Å². The molecule has 0 aliphatic heterocycles. The number of nitro benzene ring substituents is 1. The van der Waals surface area contributed by atoms with Crippen LogP contribution in [0.4, 0.5) is 5.69 Å². The quantitative estimate of drug-likeness (QED) is 0.414. The second-order valence-electron chi connectivity index (χ2n) is 6.64. The van der Waals surface area contributed by atoms with Crippen LogP contribution in [0.5, 0.6) is 0 Å². The summed E-state index contributed by atoms with van der Waals surface area (Å²) in [4.78, 5) is 34.8. The van der Waals surface area contributed by atoms with Crippen LogP contribution in [0.15, 0.2) is 65.7 Å². The van der Waals surface area contributed by atoms with Crippen LogP contribution in [-0.2, 0) is 10.0 Å². The molecule has 0 atom stereocenters. The third-order valence-corrected chi connectivity index (χ3v) is 6.12. The van der Waals surface area contributed by atoms with Gasteiger partial charge in [0.1, 0.15) is 0 Å². The standard InChI is InChI=1S/C19H18N6O6S/c1-23(2)32(30,31)16-5-3-4-13(12-16)18(26)20-21-19(27)17-10-11-24(22-17)14-6-8-15(9-7-14)25(28)29/h3-12H,1-2H3,(H,20,26)(H,21,27). The summed E-state index contributed by atoms with van der Waals surface area (Å²) >= 11 is 0. The Kier molecular flexibility index (Phi) is 6.32. The van der Waals surface area contributed by atoms with E-state index in [2.05, 4.69) is 16.0 Å². The van der Waals surface area contributed by atoms with Gasteiger partial charge < -0.3 is 0 Å². The molecule has 0 radical (unpaired) electrons. The van der Waals surface area contributed by atoms with Crippen molar-refractivity contribution in [2.45, 2.75) is 4.90 Å². The number of non-ortho nitro benzene ring substituents is 1. The van der Waals surface area contributed by atoms with Gasteiger partial charge in [-0.1, -0.05) is 6.07 Å². The molecule has 0 unspecified atom stereocenters. The monoisotopic (exact) mass is 458 g/mol. The van der Waals surface area contributed by atoms with E-state index >= 15 is 0 Å². The Labute approximate surface area is 182 Å². The maximum absolute atomic E-state index is 12.3. The number of rotatable bonds is 6. The van der Waals surface area contributed by atoms with Gasteiger partial charge in [0.25, 0.3) is 17.5 Å². The van der Waals surface area contributed by atoms with Crippen molar-refractivity contribution in [3.8, 4) is 5.69 Å². The summed E-state index contributed by atoms with van der Waals surface area (Å²) in [5.41, 5.74) is 4.84. The van der Waals surface area contributed by atoms with Crippen molar-refractivity contribution in [2.75, 3.05) is 14.1 Å². The number of nitro groups is 1. The van der Waals surface area contributed by atoms with Crippen LogP contribution in [0.2, 0.25) is 0 Å². The number of nitrogens with one attached hydrogen (secondary N) is 2. The summed E-state index contributed by atoms with van der Waals surface area (Å²) < 4.78 is 26.8. The molecular formula is C19H18N6O6S. The van der Waals surface area contributed by atoms with Crippen molar-refractivity contribution in [2.24, 2.45) is 0 Å². The van der Waals surface area contributed by atoms with Gasteiger partial charge in [-0.25, -0.2) is 17.4 Å². The molecule has 0 aliphatic carbocycles. The minimum Gasteiger partial charge on any atom is -0.267 e. The molecule has 2 amide bonds. The summed E-state index contributed by atoms with van der Waals surface area (Å²) in [6, 6.07) is 12.3. The third-order valence-electron chi connectivity index (χ3n) is 4.31. The highest BCUT2D eigenvalue weighted by Gasteiger charge is 2.19. The molecule has 2 aromatic carbocycles. The van der Waals surface area contributed by atoms with Crippen molar-refractivity contribution >= 4 is 27.5 Å². The van der Waals surface area contributed by atoms with Gasteiger partial charge in [0.15, 0.2) is 5.69 Å². The average Bonchev–Trinajstić information content (AvgIpc) is 3.27. The Bertz CT molecular complexity index is 1280. The van der Waals surface area contributed by atoms with E-state index in [-0.39, 0.29) is 21.8 Å². The van der Waals surface area contributed by atoms with Crippen molar-refractivity contribution in [3.63, 3.8) is 0 Å². The number of benzene rings is 2. The van der Waals surface area contributed by atoms with Crippen molar-refractivity contribution in [1.29, 1.82) is 0 Å². The molecular weight excluding hydrogens is 440 g/mol. The summed E-state index contributed by atoms with van der Waals surface area (Å²) in [5.74, 6) is -1.43. The number of amides is 2. The summed E-state index contributed by atoms with van der Waals surface area (Å²) in [7, 11) is -0.976. The van der Waals surface area contributed by atoms with Crippen LogP contribution in [0.1, 0.15) is 20.8 Å². The predicted octanol–water partition coefficient (Wildman–Crippen LogP) is 1.11. The molecule has 0 saturated heterocycles. The first-order chi connectivity index (χ1) is 15.1. The van der Waals surface area contributed by atoms with Crippen LogP contribution in [0, 0.1) is 10.1 Å². The van der Waals surface area contributed by atoms with Gasteiger partial charge in [-0.05, 0) is 36.4 Å². The third kappa shape index (κ3) is 4.79. The highest BCUT2D eigenvalue weighted by molar-refractivity contribution is 7.89. The molecule has 166 valence electrons. The zero-order valence-corrected chi connectivity index (χ0v) is 17.7. The van der Waals surface area contributed by atoms with Crippen molar-refractivity contribution in [3.05, 3.63) is 82.2 Å². The van der Waals surface area contributed by atoms with Gasteiger partial charge in [-0.15, -0.1) is 0 Å².